The summed E-state index contributed by atoms with van der Waals surface area (Å²) < 4.78 is 5.26. The van der Waals surface area contributed by atoms with E-state index in [9.17, 15) is 14.4 Å². The summed E-state index contributed by atoms with van der Waals surface area (Å²) in [6.07, 6.45) is -0.897. The maximum absolute atomic E-state index is 12.4. The molecule has 0 radical (unpaired) electrons. The maximum Gasteiger partial charge on any atom is 0.338 e. The Morgan fingerprint density at radius 2 is 1.65 bits per heavy atom. The molecule has 0 aliphatic carbocycles. The van der Waals surface area contributed by atoms with Crippen LogP contribution in [-0.4, -0.2) is 35.8 Å². The zero-order chi connectivity index (χ0) is 19.1. The molecule has 6 nitrogen and oxygen atoms in total. The molecule has 0 aliphatic rings. The van der Waals surface area contributed by atoms with Crippen LogP contribution in [0.5, 0.6) is 0 Å². The summed E-state index contributed by atoms with van der Waals surface area (Å²) in [7, 11) is 1.67. The Labute approximate surface area is 152 Å². The summed E-state index contributed by atoms with van der Waals surface area (Å²) in [5.74, 6) is -1.06. The fraction of sp³-hybridized carbons (Fsp3) is 0.250. The van der Waals surface area contributed by atoms with E-state index in [0.717, 1.165) is 5.56 Å². The molecule has 0 aromatic heterocycles. The molecular formula is C20H22N2O4. The molecule has 2 rings (SSSR count). The summed E-state index contributed by atoms with van der Waals surface area (Å²) in [5.41, 5.74) is 1.89. The molecule has 0 heterocycles. The number of nitrogens with zero attached hydrogens (tertiary/aromatic N) is 1. The van der Waals surface area contributed by atoms with Gasteiger partial charge in [0.25, 0.3) is 5.91 Å². The molecule has 0 spiro atoms. The van der Waals surface area contributed by atoms with Gasteiger partial charge >= 0.3 is 5.97 Å². The molecule has 1 N–H and O–H groups in total. The Morgan fingerprint density at radius 3 is 2.23 bits per heavy atom. The van der Waals surface area contributed by atoms with Gasteiger partial charge < -0.3 is 15.0 Å². The number of nitrogens with one attached hydrogen (secondary N) is 1. The fourth-order valence-electron chi connectivity index (χ4n) is 2.42. The van der Waals surface area contributed by atoms with Crippen LogP contribution >= 0.6 is 0 Å². The van der Waals surface area contributed by atoms with Crippen LogP contribution in [0, 0.1) is 0 Å². The molecule has 26 heavy (non-hydrogen) atoms. The minimum atomic E-state index is -0.897. The van der Waals surface area contributed by atoms with Crippen molar-refractivity contribution in [1.82, 2.24) is 4.90 Å². The molecule has 0 saturated heterocycles. The number of amides is 2. The fourth-order valence-corrected chi connectivity index (χ4v) is 2.42. The highest BCUT2D eigenvalue weighted by atomic mass is 16.5. The van der Waals surface area contributed by atoms with Crippen LogP contribution in [0.4, 0.5) is 5.69 Å². The van der Waals surface area contributed by atoms with Gasteiger partial charge in [-0.05, 0) is 36.8 Å². The van der Waals surface area contributed by atoms with Crippen molar-refractivity contribution in [2.75, 3.05) is 12.4 Å². The largest absolute Gasteiger partial charge is 0.449 e. The van der Waals surface area contributed by atoms with Gasteiger partial charge in [-0.15, -0.1) is 0 Å². The zero-order valence-corrected chi connectivity index (χ0v) is 15.1. The van der Waals surface area contributed by atoms with Crippen molar-refractivity contribution in [2.24, 2.45) is 0 Å². The zero-order valence-electron chi connectivity index (χ0n) is 15.1. The van der Waals surface area contributed by atoms with Gasteiger partial charge in [-0.2, -0.15) is 0 Å². The van der Waals surface area contributed by atoms with E-state index in [2.05, 4.69) is 5.32 Å². The normalized spacial score (nSPS) is 11.3. The molecule has 0 unspecified atom stereocenters. The smallest absolute Gasteiger partial charge is 0.338 e. The van der Waals surface area contributed by atoms with Crippen LogP contribution in [0.2, 0.25) is 0 Å². The first-order valence-electron chi connectivity index (χ1n) is 8.24. The van der Waals surface area contributed by atoms with Gasteiger partial charge in [0, 0.05) is 26.2 Å². The van der Waals surface area contributed by atoms with Gasteiger partial charge in [0.1, 0.15) is 0 Å². The molecular weight excluding hydrogens is 332 g/mol. The van der Waals surface area contributed by atoms with Gasteiger partial charge in [-0.1, -0.05) is 30.3 Å². The lowest BCUT2D eigenvalue weighted by Crippen LogP contribution is -2.37. The van der Waals surface area contributed by atoms with E-state index in [-0.39, 0.29) is 11.8 Å². The van der Waals surface area contributed by atoms with E-state index in [1.807, 2.05) is 30.3 Å². The lowest BCUT2D eigenvalue weighted by molar-refractivity contribution is -0.139. The quantitative estimate of drug-likeness (QED) is 0.810. The van der Waals surface area contributed by atoms with Crippen molar-refractivity contribution in [2.45, 2.75) is 26.5 Å². The highest BCUT2D eigenvalue weighted by Crippen LogP contribution is 2.12. The van der Waals surface area contributed by atoms with Crippen LogP contribution in [-0.2, 0) is 20.9 Å². The Bertz CT molecular complexity index is 772. The monoisotopic (exact) mass is 354 g/mol. The van der Waals surface area contributed by atoms with Gasteiger partial charge in [-0.25, -0.2) is 4.79 Å². The number of hydrogen-bond donors (Lipinski definition) is 1. The lowest BCUT2D eigenvalue weighted by atomic mass is 10.2. The summed E-state index contributed by atoms with van der Waals surface area (Å²) >= 11 is 0. The van der Waals surface area contributed by atoms with Crippen LogP contribution in [0.15, 0.2) is 54.6 Å². The molecule has 2 amide bonds. The van der Waals surface area contributed by atoms with Crippen LogP contribution in [0.3, 0.4) is 0 Å². The summed E-state index contributed by atoms with van der Waals surface area (Å²) in [4.78, 5) is 37.1. The number of carbonyl (C=O) groups is 3. The Morgan fingerprint density at radius 1 is 1.04 bits per heavy atom. The average Bonchev–Trinajstić information content (AvgIpc) is 2.61. The molecule has 6 heteroatoms. The second kappa shape index (κ2) is 8.80. The minimum absolute atomic E-state index is 0.194. The predicted molar refractivity (Wildman–Crippen MR) is 98.5 cm³/mol. The SMILES string of the molecule is CC(=O)Nc1ccc(C(=O)O[C@H](C)C(=O)N(C)Cc2ccccc2)cc1. The van der Waals surface area contributed by atoms with Crippen molar-refractivity contribution in [3.63, 3.8) is 0 Å². The summed E-state index contributed by atoms with van der Waals surface area (Å²) in [6, 6.07) is 15.9. The first-order valence-corrected chi connectivity index (χ1v) is 8.24. The van der Waals surface area contributed by atoms with Gasteiger partial charge in [-0.3, -0.25) is 9.59 Å². The molecule has 2 aromatic carbocycles. The molecule has 1 atom stereocenters. The van der Waals surface area contributed by atoms with Gasteiger partial charge in [0.2, 0.25) is 5.91 Å². The molecule has 136 valence electrons. The van der Waals surface area contributed by atoms with E-state index in [1.165, 1.54) is 11.8 Å². The van der Waals surface area contributed by atoms with E-state index >= 15 is 0 Å². The number of anilines is 1. The van der Waals surface area contributed by atoms with Crippen LogP contribution in [0.1, 0.15) is 29.8 Å². The van der Waals surface area contributed by atoms with Gasteiger partial charge in [0.15, 0.2) is 6.10 Å². The number of hydrogen-bond acceptors (Lipinski definition) is 4. The highest BCUT2D eigenvalue weighted by molar-refractivity contribution is 5.93. The number of benzene rings is 2. The van der Waals surface area contributed by atoms with Crippen molar-refractivity contribution >= 4 is 23.5 Å². The van der Waals surface area contributed by atoms with E-state index < -0.39 is 12.1 Å². The van der Waals surface area contributed by atoms with Gasteiger partial charge in [0.05, 0.1) is 5.56 Å². The topological polar surface area (TPSA) is 75.7 Å². The number of rotatable bonds is 6. The number of ether oxygens (including phenoxy) is 1. The Kier molecular flexibility index (Phi) is 6.49. The van der Waals surface area contributed by atoms with E-state index in [0.29, 0.717) is 17.8 Å². The van der Waals surface area contributed by atoms with Crippen molar-refractivity contribution in [3.05, 3.63) is 65.7 Å². The van der Waals surface area contributed by atoms with Crippen LogP contribution < -0.4 is 5.32 Å². The minimum Gasteiger partial charge on any atom is -0.449 e. The highest BCUT2D eigenvalue weighted by Gasteiger charge is 2.22. The summed E-state index contributed by atoms with van der Waals surface area (Å²) in [6.45, 7) is 3.39. The Hall–Kier alpha value is -3.15. The average molecular weight is 354 g/mol. The number of likely N-dealkylation sites (N-methyl/N-ethyl adjacent to an activating group) is 1. The van der Waals surface area contributed by atoms with Crippen molar-refractivity contribution < 1.29 is 19.1 Å². The maximum atomic E-state index is 12.4. The second-order valence-electron chi connectivity index (χ2n) is 5.99. The van der Waals surface area contributed by atoms with Crippen LogP contribution in [0.25, 0.3) is 0 Å². The lowest BCUT2D eigenvalue weighted by Gasteiger charge is -2.21. The van der Waals surface area contributed by atoms with E-state index in [1.54, 1.807) is 38.2 Å². The third-order valence-corrected chi connectivity index (χ3v) is 3.71. The number of esters is 1. The molecule has 0 bridgehead atoms. The van der Waals surface area contributed by atoms with E-state index in [4.69, 9.17) is 4.74 Å². The van der Waals surface area contributed by atoms with Crippen molar-refractivity contribution in [1.29, 1.82) is 0 Å². The van der Waals surface area contributed by atoms with Crippen molar-refractivity contribution in [3.8, 4) is 0 Å². The number of carbonyl (C=O) groups excluding carboxylic acids is 3. The summed E-state index contributed by atoms with van der Waals surface area (Å²) in [5, 5.41) is 2.62. The first kappa shape index (κ1) is 19.2. The first-order chi connectivity index (χ1) is 12.4. The molecule has 0 fully saturated rings. The Balaban J connectivity index is 1.93. The predicted octanol–water partition coefficient (Wildman–Crippen LogP) is 2.85. The molecule has 0 saturated carbocycles. The third kappa shape index (κ3) is 5.44. The molecule has 2 aromatic rings. The second-order valence-corrected chi connectivity index (χ2v) is 5.99. The third-order valence-electron chi connectivity index (χ3n) is 3.71. The standard InChI is InChI=1S/C20H22N2O4/c1-14(19(24)22(3)13-16-7-5-4-6-8-16)26-20(25)17-9-11-18(12-10-17)21-15(2)23/h4-12,14H,13H2,1-3H3,(H,21,23)/t14-/m1/s1. The molecule has 0 aliphatic heterocycles.